The predicted octanol–water partition coefficient (Wildman–Crippen LogP) is 5.28. The van der Waals surface area contributed by atoms with Crippen molar-refractivity contribution in [3.63, 3.8) is 0 Å². The molecule has 0 radical (unpaired) electrons. The lowest BCUT2D eigenvalue weighted by Crippen LogP contribution is -2.45. The second-order valence-electron chi connectivity index (χ2n) is 9.04. The van der Waals surface area contributed by atoms with E-state index in [0.29, 0.717) is 28.7 Å². The Morgan fingerprint density at radius 3 is 2.20 bits per heavy atom. The number of nitrogens with one attached hydrogen (secondary N) is 2. The Morgan fingerprint density at radius 2 is 1.54 bits per heavy atom. The second-order valence-corrected chi connectivity index (χ2v) is 9.92. The van der Waals surface area contributed by atoms with Gasteiger partial charge in [-0.1, -0.05) is 65.7 Å². The number of amides is 2. The van der Waals surface area contributed by atoms with Crippen LogP contribution in [0.4, 0.5) is 0 Å². The van der Waals surface area contributed by atoms with Crippen LogP contribution in [0, 0.1) is 5.92 Å². The summed E-state index contributed by atoms with van der Waals surface area (Å²) in [6.45, 7) is 2.56. The predicted molar refractivity (Wildman–Crippen MR) is 141 cm³/mol. The molecule has 1 fully saturated rings. The fourth-order valence-corrected chi connectivity index (χ4v) is 4.82. The van der Waals surface area contributed by atoms with Crippen LogP contribution in [-0.2, 0) is 17.9 Å². The summed E-state index contributed by atoms with van der Waals surface area (Å²) in [4.78, 5) is 27.7. The van der Waals surface area contributed by atoms with Gasteiger partial charge in [-0.25, -0.2) is 0 Å². The molecule has 4 rings (SSSR count). The fraction of sp³-hybridized carbons (Fsp3) is 0.286. The average Bonchev–Trinajstić information content (AvgIpc) is 2.87. The topological polar surface area (TPSA) is 61.4 Å². The third-order valence-electron chi connectivity index (χ3n) is 6.48. The van der Waals surface area contributed by atoms with Crippen LogP contribution >= 0.6 is 23.2 Å². The molecular formula is C28H29Cl2N3O2. The highest BCUT2D eigenvalue weighted by molar-refractivity contribution is 6.31. The van der Waals surface area contributed by atoms with Gasteiger partial charge in [-0.05, 0) is 73.0 Å². The molecule has 0 unspecified atom stereocenters. The van der Waals surface area contributed by atoms with E-state index in [4.69, 9.17) is 23.2 Å². The van der Waals surface area contributed by atoms with Crippen LogP contribution in [0.5, 0.6) is 0 Å². The van der Waals surface area contributed by atoms with E-state index in [-0.39, 0.29) is 23.7 Å². The molecule has 2 atom stereocenters. The van der Waals surface area contributed by atoms with Crippen molar-refractivity contribution >= 4 is 35.0 Å². The zero-order chi connectivity index (χ0) is 24.8. The summed E-state index contributed by atoms with van der Waals surface area (Å²) in [5.74, 6) is -0.0456. The minimum absolute atomic E-state index is 0.0642. The fourth-order valence-electron chi connectivity index (χ4n) is 4.50. The Bertz CT molecular complexity index is 1170. The number of rotatable bonds is 7. The van der Waals surface area contributed by atoms with Crippen LogP contribution in [0.15, 0.2) is 72.8 Å². The van der Waals surface area contributed by atoms with Crippen LogP contribution in [0.1, 0.15) is 39.4 Å². The Hall–Kier alpha value is -2.86. The molecule has 5 nitrogen and oxygen atoms in total. The van der Waals surface area contributed by atoms with Crippen molar-refractivity contribution in [3.05, 3.63) is 105 Å². The smallest absolute Gasteiger partial charge is 0.251 e. The minimum Gasteiger partial charge on any atom is -0.352 e. The van der Waals surface area contributed by atoms with Crippen molar-refractivity contribution in [3.8, 4) is 0 Å². The number of likely N-dealkylation sites (tertiary alicyclic amines) is 1. The van der Waals surface area contributed by atoms with Gasteiger partial charge in [0.25, 0.3) is 5.91 Å². The van der Waals surface area contributed by atoms with Crippen LogP contribution in [0.25, 0.3) is 0 Å². The summed E-state index contributed by atoms with van der Waals surface area (Å²) in [6, 6.07) is 22.6. The zero-order valence-corrected chi connectivity index (χ0v) is 21.1. The van der Waals surface area contributed by atoms with Crippen LogP contribution < -0.4 is 10.6 Å². The van der Waals surface area contributed by atoms with E-state index in [2.05, 4.69) is 22.6 Å². The third-order valence-corrected chi connectivity index (χ3v) is 6.97. The summed E-state index contributed by atoms with van der Waals surface area (Å²) in [6.07, 6.45) is 0.936. The van der Waals surface area contributed by atoms with Gasteiger partial charge in [0.1, 0.15) is 0 Å². The molecule has 1 aliphatic rings. The summed E-state index contributed by atoms with van der Waals surface area (Å²) >= 11 is 12.0. The Balaban J connectivity index is 1.31. The second kappa shape index (κ2) is 11.7. The first-order chi connectivity index (χ1) is 16.9. The van der Waals surface area contributed by atoms with Crippen molar-refractivity contribution < 1.29 is 9.59 Å². The van der Waals surface area contributed by atoms with Crippen molar-refractivity contribution in [1.29, 1.82) is 0 Å². The molecule has 0 spiro atoms. The molecule has 1 saturated heterocycles. The van der Waals surface area contributed by atoms with Gasteiger partial charge in [-0.15, -0.1) is 0 Å². The maximum absolute atomic E-state index is 13.1. The van der Waals surface area contributed by atoms with Crippen molar-refractivity contribution in [2.75, 3.05) is 20.1 Å². The molecule has 0 aliphatic carbocycles. The molecule has 182 valence electrons. The van der Waals surface area contributed by atoms with Gasteiger partial charge < -0.3 is 15.5 Å². The van der Waals surface area contributed by atoms with Crippen LogP contribution in [-0.4, -0.2) is 36.9 Å². The first-order valence-corrected chi connectivity index (χ1v) is 12.5. The van der Waals surface area contributed by atoms with E-state index < -0.39 is 0 Å². The van der Waals surface area contributed by atoms with Gasteiger partial charge in [0.2, 0.25) is 5.91 Å². The maximum Gasteiger partial charge on any atom is 0.251 e. The molecule has 2 N–H and O–H groups in total. The van der Waals surface area contributed by atoms with Crippen molar-refractivity contribution in [2.24, 2.45) is 5.92 Å². The molecule has 0 aromatic heterocycles. The first kappa shape index (κ1) is 25.2. The Morgan fingerprint density at radius 1 is 0.886 bits per heavy atom. The lowest BCUT2D eigenvalue weighted by molar-refractivity contribution is -0.127. The molecule has 0 bridgehead atoms. The lowest BCUT2D eigenvalue weighted by Gasteiger charge is -2.36. The molecular weight excluding hydrogens is 481 g/mol. The Kier molecular flexibility index (Phi) is 8.45. The minimum atomic E-state index is -0.170. The third kappa shape index (κ3) is 6.85. The number of nitrogens with zero attached hydrogens (tertiary/aromatic N) is 1. The molecule has 35 heavy (non-hydrogen) atoms. The first-order valence-electron chi connectivity index (χ1n) is 11.7. The van der Waals surface area contributed by atoms with Crippen LogP contribution in [0.2, 0.25) is 10.0 Å². The highest BCUT2D eigenvalue weighted by atomic mass is 35.5. The van der Waals surface area contributed by atoms with E-state index in [1.807, 2.05) is 48.5 Å². The molecule has 3 aromatic carbocycles. The highest BCUT2D eigenvalue weighted by Crippen LogP contribution is 2.33. The molecule has 3 aromatic rings. The van der Waals surface area contributed by atoms with E-state index in [9.17, 15) is 9.59 Å². The van der Waals surface area contributed by atoms with E-state index in [0.717, 1.165) is 36.2 Å². The van der Waals surface area contributed by atoms with Gasteiger partial charge in [0.15, 0.2) is 0 Å². The molecule has 1 heterocycles. The number of hydrogen-bond donors (Lipinski definition) is 2. The molecule has 0 saturated carbocycles. The summed E-state index contributed by atoms with van der Waals surface area (Å²) in [5, 5.41) is 7.26. The standard InChI is InChI=1S/C28H29Cl2N3O2/c1-33-14-13-25(21-9-11-23(29)12-10-21)26(18-33)28(35)32-17-20-7-5-19(6-8-20)16-31-27(34)22-3-2-4-24(30)15-22/h2-12,15,25-26H,13-14,16-18H2,1H3,(H,31,34)(H,32,35)/t25-,26+/m0/s1. The van der Waals surface area contributed by atoms with Gasteiger partial charge in [0.05, 0.1) is 5.92 Å². The van der Waals surface area contributed by atoms with Gasteiger partial charge in [-0.2, -0.15) is 0 Å². The summed E-state index contributed by atoms with van der Waals surface area (Å²) in [5.41, 5.74) is 3.68. The molecule has 1 aliphatic heterocycles. The number of piperidine rings is 1. The number of benzene rings is 3. The molecule has 2 amide bonds. The number of carbonyl (C=O) groups excluding carboxylic acids is 2. The number of halogens is 2. The van der Waals surface area contributed by atoms with E-state index >= 15 is 0 Å². The summed E-state index contributed by atoms with van der Waals surface area (Å²) in [7, 11) is 2.06. The SMILES string of the molecule is CN1CC[C@@H](c2ccc(Cl)cc2)[C@H](C(=O)NCc2ccc(CNC(=O)c3cccc(Cl)c3)cc2)C1. The van der Waals surface area contributed by atoms with Crippen molar-refractivity contribution in [1.82, 2.24) is 15.5 Å². The zero-order valence-electron chi connectivity index (χ0n) is 19.6. The van der Waals surface area contributed by atoms with Gasteiger partial charge in [-0.3, -0.25) is 9.59 Å². The van der Waals surface area contributed by atoms with Gasteiger partial charge >= 0.3 is 0 Å². The lowest BCUT2D eigenvalue weighted by atomic mass is 9.80. The Labute approximate surface area is 216 Å². The van der Waals surface area contributed by atoms with Gasteiger partial charge in [0, 0.05) is 35.2 Å². The molecule has 7 heteroatoms. The number of carbonyl (C=O) groups is 2. The highest BCUT2D eigenvalue weighted by Gasteiger charge is 2.34. The monoisotopic (exact) mass is 509 g/mol. The van der Waals surface area contributed by atoms with E-state index in [1.54, 1.807) is 24.3 Å². The summed E-state index contributed by atoms with van der Waals surface area (Å²) < 4.78 is 0. The van der Waals surface area contributed by atoms with E-state index in [1.165, 1.54) is 0 Å². The van der Waals surface area contributed by atoms with Crippen molar-refractivity contribution in [2.45, 2.75) is 25.4 Å². The largest absolute Gasteiger partial charge is 0.352 e. The number of hydrogen-bond acceptors (Lipinski definition) is 3. The quantitative estimate of drug-likeness (QED) is 0.455. The average molecular weight is 510 g/mol. The maximum atomic E-state index is 13.1. The van der Waals surface area contributed by atoms with Crippen LogP contribution in [0.3, 0.4) is 0 Å². The normalized spacial score (nSPS) is 18.1.